The van der Waals surface area contributed by atoms with Gasteiger partial charge < -0.3 is 9.84 Å². The second-order valence-corrected chi connectivity index (χ2v) is 5.81. The Kier molecular flexibility index (Phi) is 6.87. The summed E-state index contributed by atoms with van der Waals surface area (Å²) in [5.74, 6) is -0.493. The summed E-state index contributed by atoms with van der Waals surface area (Å²) in [5.41, 5.74) is 0.847. The van der Waals surface area contributed by atoms with Crippen LogP contribution in [0.15, 0.2) is 53.5 Å². The molecule has 0 aliphatic heterocycles. The van der Waals surface area contributed by atoms with Crippen LogP contribution in [0.4, 0.5) is 13.2 Å². The average Bonchev–Trinajstić information content (AvgIpc) is 2.51. The van der Waals surface area contributed by atoms with Crippen molar-refractivity contribution < 1.29 is 27.8 Å². The van der Waals surface area contributed by atoms with Gasteiger partial charge in [0, 0.05) is 5.57 Å². The van der Waals surface area contributed by atoms with Crippen molar-refractivity contribution >= 4 is 27.1 Å². The fraction of sp³-hybridized carbons (Fsp3) is 0.235. The number of ether oxygens (including phenoxy) is 1. The predicted octanol–water partition coefficient (Wildman–Crippen LogP) is 1.19. The number of rotatable bonds is 5. The smallest absolute Gasteiger partial charge is 0.416 e. The zero-order chi connectivity index (χ0) is 19.4. The van der Waals surface area contributed by atoms with Crippen molar-refractivity contribution in [3.8, 4) is 0 Å². The maximum Gasteiger partial charge on any atom is 0.416 e. The first-order chi connectivity index (χ1) is 11.5. The summed E-state index contributed by atoms with van der Waals surface area (Å²) in [6.07, 6.45) is -2.73. The molecule has 0 saturated heterocycles. The van der Waals surface area contributed by atoms with Gasteiger partial charge in [-0.15, -0.1) is 0 Å². The molecule has 0 fully saturated rings. The van der Waals surface area contributed by atoms with E-state index in [4.69, 9.17) is 0 Å². The molecule has 1 aromatic carbocycles. The first kappa shape index (κ1) is 20.8. The van der Waals surface area contributed by atoms with Crippen LogP contribution in [0.5, 0.6) is 0 Å². The zero-order valence-electron chi connectivity index (χ0n) is 14.6. The second-order valence-electron chi connectivity index (χ2n) is 5.81. The van der Waals surface area contributed by atoms with Crippen LogP contribution in [-0.2, 0) is 15.7 Å². The number of methoxy groups -OCH3 is 1. The zero-order valence-corrected chi connectivity index (χ0v) is 14.6. The lowest BCUT2D eigenvalue weighted by atomic mass is 9.87. The third-order valence-corrected chi connectivity index (χ3v) is 3.46. The minimum Gasteiger partial charge on any atom is -0.466 e. The number of aliphatic hydroxyl groups is 1. The van der Waals surface area contributed by atoms with Crippen molar-refractivity contribution in [3.63, 3.8) is 0 Å². The summed E-state index contributed by atoms with van der Waals surface area (Å²) < 4.78 is 43.3. The Morgan fingerprint density at radius 3 is 2.44 bits per heavy atom. The van der Waals surface area contributed by atoms with Gasteiger partial charge in [-0.25, -0.2) is 4.79 Å². The van der Waals surface area contributed by atoms with Crippen molar-refractivity contribution in [2.75, 3.05) is 7.11 Å². The molecule has 0 bridgehead atoms. The van der Waals surface area contributed by atoms with Gasteiger partial charge in [0.1, 0.15) is 21.8 Å². The molecule has 0 aliphatic carbocycles. The van der Waals surface area contributed by atoms with Crippen LogP contribution in [0.2, 0.25) is 0 Å². The molecule has 0 amide bonds. The van der Waals surface area contributed by atoms with Crippen molar-refractivity contribution in [2.24, 2.45) is 0 Å². The molecule has 1 rings (SSSR count). The maximum absolute atomic E-state index is 12.9. The van der Waals surface area contributed by atoms with Crippen LogP contribution >= 0.6 is 0 Å². The molecule has 3 nitrogen and oxygen atoms in total. The topological polar surface area (TPSA) is 46.5 Å². The number of carbonyl (C=O) groups excluding carboxylic acids is 1. The highest BCUT2D eigenvalue weighted by molar-refractivity contribution is 6.32. The first-order valence-electron chi connectivity index (χ1n) is 7.46. The third-order valence-electron chi connectivity index (χ3n) is 3.46. The van der Waals surface area contributed by atoms with Crippen molar-refractivity contribution in [1.82, 2.24) is 0 Å². The number of esters is 1. The van der Waals surface area contributed by atoms with Gasteiger partial charge in [0.15, 0.2) is 0 Å². The fourth-order valence-corrected chi connectivity index (χ4v) is 2.32. The third kappa shape index (κ3) is 5.98. The Morgan fingerprint density at radius 1 is 1.32 bits per heavy atom. The highest BCUT2D eigenvalue weighted by Gasteiger charge is 2.31. The van der Waals surface area contributed by atoms with Gasteiger partial charge in [-0.2, -0.15) is 13.2 Å². The van der Waals surface area contributed by atoms with E-state index in [1.807, 2.05) is 0 Å². The van der Waals surface area contributed by atoms with Gasteiger partial charge >= 0.3 is 12.1 Å². The molecule has 0 radical (unpaired) electrons. The molecular weight excluding hydrogens is 331 g/mol. The van der Waals surface area contributed by atoms with Gasteiger partial charge in [0.25, 0.3) is 0 Å². The number of aliphatic hydroxyl groups excluding tert-OH is 1. The van der Waals surface area contributed by atoms with Crippen LogP contribution in [0.1, 0.15) is 24.2 Å². The fourth-order valence-electron chi connectivity index (χ4n) is 2.32. The van der Waals surface area contributed by atoms with E-state index in [-0.39, 0.29) is 11.1 Å². The van der Waals surface area contributed by atoms with Crippen LogP contribution in [0.25, 0.3) is 0 Å². The monoisotopic (exact) mass is 350 g/mol. The summed E-state index contributed by atoms with van der Waals surface area (Å²) in [5, 5.41) is 10.3. The lowest BCUT2D eigenvalue weighted by molar-refractivity contribution is -0.138. The SMILES string of the molecule is BC(=C/C(=C)C(O)c1cc(B)cc(C(F)(F)F)c1)/C=C(\C)C(=O)OC. The normalized spacial score (nSPS) is 14.2. The molecular formula is C17H19B2F3O3. The minimum absolute atomic E-state index is 0.107. The minimum atomic E-state index is -4.49. The number of halogens is 3. The molecule has 1 atom stereocenters. The molecule has 0 heterocycles. The van der Waals surface area contributed by atoms with E-state index in [1.165, 1.54) is 27.1 Å². The Hall–Kier alpha value is -2.21. The van der Waals surface area contributed by atoms with Crippen molar-refractivity contribution in [1.29, 1.82) is 0 Å². The summed E-state index contributed by atoms with van der Waals surface area (Å²) >= 11 is 0. The number of alkyl halides is 3. The Balaban J connectivity index is 3.10. The van der Waals surface area contributed by atoms with Gasteiger partial charge in [-0.1, -0.05) is 41.8 Å². The molecule has 0 spiro atoms. The Bertz CT molecular complexity index is 737. The van der Waals surface area contributed by atoms with E-state index in [2.05, 4.69) is 11.3 Å². The molecule has 8 heteroatoms. The number of allylic oxidation sites excluding steroid dienone is 2. The maximum atomic E-state index is 12.9. The Labute approximate surface area is 146 Å². The molecule has 132 valence electrons. The van der Waals surface area contributed by atoms with E-state index < -0.39 is 23.8 Å². The molecule has 0 aromatic heterocycles. The van der Waals surface area contributed by atoms with E-state index in [1.54, 1.807) is 20.8 Å². The van der Waals surface area contributed by atoms with E-state index in [0.29, 0.717) is 16.5 Å². The van der Waals surface area contributed by atoms with Crippen LogP contribution in [-0.4, -0.2) is 33.9 Å². The Morgan fingerprint density at radius 2 is 1.92 bits per heavy atom. The van der Waals surface area contributed by atoms with Crippen LogP contribution in [0.3, 0.4) is 0 Å². The first-order valence-corrected chi connectivity index (χ1v) is 7.46. The summed E-state index contributed by atoms with van der Waals surface area (Å²) in [6.45, 7) is 5.28. The van der Waals surface area contributed by atoms with Gasteiger partial charge in [0.05, 0.1) is 12.7 Å². The number of benzene rings is 1. The molecule has 25 heavy (non-hydrogen) atoms. The number of hydrogen-bond donors (Lipinski definition) is 1. The predicted molar refractivity (Wildman–Crippen MR) is 96.1 cm³/mol. The van der Waals surface area contributed by atoms with Crippen molar-refractivity contribution in [3.05, 3.63) is 64.7 Å². The summed E-state index contributed by atoms with van der Waals surface area (Å²) in [7, 11) is 4.47. The largest absolute Gasteiger partial charge is 0.466 e. The van der Waals surface area contributed by atoms with E-state index in [0.717, 1.165) is 12.1 Å². The standard InChI is InChI=1S/C17H19B2F3O3/c1-9(4-13(18)5-10(2)16(24)25-3)15(23)11-6-12(17(20,21)22)8-14(19)7-11/h4-8,15,23H,1,18-19H2,2-3H3/b10-5+,13-4+. The van der Waals surface area contributed by atoms with Gasteiger partial charge in [-0.3, -0.25) is 0 Å². The molecule has 0 saturated carbocycles. The second kappa shape index (κ2) is 8.25. The van der Waals surface area contributed by atoms with E-state index in [9.17, 15) is 23.1 Å². The highest BCUT2D eigenvalue weighted by Crippen LogP contribution is 2.31. The highest BCUT2D eigenvalue weighted by atomic mass is 19.4. The van der Waals surface area contributed by atoms with E-state index >= 15 is 0 Å². The molecule has 1 unspecified atom stereocenters. The lowest BCUT2D eigenvalue weighted by Crippen LogP contribution is -2.14. The molecule has 1 aromatic rings. The van der Waals surface area contributed by atoms with Gasteiger partial charge in [0.2, 0.25) is 0 Å². The average molecular weight is 350 g/mol. The van der Waals surface area contributed by atoms with Crippen LogP contribution in [0, 0.1) is 0 Å². The molecule has 1 N–H and O–H groups in total. The summed E-state index contributed by atoms with van der Waals surface area (Å²) in [6, 6.07) is 3.40. The quantitative estimate of drug-likeness (QED) is 0.376. The number of carbonyl (C=O) groups is 1. The van der Waals surface area contributed by atoms with Crippen molar-refractivity contribution in [2.45, 2.75) is 19.2 Å². The van der Waals surface area contributed by atoms with Crippen LogP contribution < -0.4 is 5.46 Å². The molecule has 0 aliphatic rings. The number of hydrogen-bond acceptors (Lipinski definition) is 3. The van der Waals surface area contributed by atoms with Gasteiger partial charge in [-0.05, 0) is 24.1 Å². The summed E-state index contributed by atoms with van der Waals surface area (Å²) in [4.78, 5) is 11.4. The lowest BCUT2D eigenvalue weighted by Gasteiger charge is -2.16.